The molecule has 0 aromatic heterocycles. The lowest BCUT2D eigenvalue weighted by Gasteiger charge is -2.38. The van der Waals surface area contributed by atoms with E-state index in [1.165, 1.54) is 11.6 Å². The molecule has 1 aliphatic rings. The van der Waals surface area contributed by atoms with Crippen LogP contribution in [0.5, 0.6) is 0 Å². The monoisotopic (exact) mass is 290 g/mol. The number of hydrogen-bond acceptors (Lipinski definition) is 2. The van der Waals surface area contributed by atoms with Gasteiger partial charge in [0.2, 0.25) is 0 Å². The van der Waals surface area contributed by atoms with Crippen molar-refractivity contribution >= 4 is 17.3 Å². The third-order valence-corrected chi connectivity index (χ3v) is 3.88. The van der Waals surface area contributed by atoms with Crippen molar-refractivity contribution < 1.29 is 4.39 Å². The summed E-state index contributed by atoms with van der Waals surface area (Å²) in [5, 5.41) is 3.93. The largest absolute Gasteiger partial charge is 0.360 e. The van der Waals surface area contributed by atoms with Gasteiger partial charge in [0.15, 0.2) is 0 Å². The highest BCUT2D eigenvalue weighted by Gasteiger charge is 2.25. The number of hydrogen-bond donors (Lipinski definition) is 1. The number of nitrogens with one attached hydrogen (secondary N) is 1. The van der Waals surface area contributed by atoms with Crippen molar-refractivity contribution in [1.29, 1.82) is 0 Å². The van der Waals surface area contributed by atoms with Gasteiger partial charge in [0.05, 0.1) is 11.7 Å². The quantitative estimate of drug-likeness (QED) is 0.908. The van der Waals surface area contributed by atoms with Gasteiger partial charge in [-0.05, 0) is 23.8 Å². The van der Waals surface area contributed by atoms with E-state index in [9.17, 15) is 4.39 Å². The second kappa shape index (κ2) is 5.81. The first-order valence-corrected chi connectivity index (χ1v) is 7.11. The number of benzene rings is 2. The molecule has 0 saturated carbocycles. The summed E-state index contributed by atoms with van der Waals surface area (Å²) in [6, 6.07) is 15.0. The molecule has 0 spiro atoms. The van der Waals surface area contributed by atoms with Crippen molar-refractivity contribution in [2.24, 2.45) is 0 Å². The van der Waals surface area contributed by atoms with Crippen molar-refractivity contribution in [3.05, 3.63) is 64.9 Å². The summed E-state index contributed by atoms with van der Waals surface area (Å²) in [6.07, 6.45) is 0. The fourth-order valence-corrected chi connectivity index (χ4v) is 2.84. The summed E-state index contributed by atoms with van der Waals surface area (Å²) in [7, 11) is 0. The van der Waals surface area contributed by atoms with Crippen LogP contribution in [0.4, 0.5) is 10.1 Å². The Morgan fingerprint density at radius 2 is 1.95 bits per heavy atom. The molecule has 2 nitrogen and oxygen atoms in total. The summed E-state index contributed by atoms with van der Waals surface area (Å²) < 4.78 is 14.1. The SMILES string of the molecule is Fc1ccc(Cl)cc1N1CCNCC1c1ccccc1. The van der Waals surface area contributed by atoms with Crippen LogP contribution in [0.1, 0.15) is 11.6 Å². The summed E-state index contributed by atoms with van der Waals surface area (Å²) in [4.78, 5) is 2.09. The molecule has 1 unspecified atom stereocenters. The maximum absolute atomic E-state index is 14.1. The molecule has 3 rings (SSSR count). The lowest BCUT2D eigenvalue weighted by Crippen LogP contribution is -2.46. The Bertz CT molecular complexity index is 588. The normalized spacial score (nSPS) is 19.1. The molecule has 1 N–H and O–H groups in total. The highest BCUT2D eigenvalue weighted by Crippen LogP contribution is 2.31. The van der Waals surface area contributed by atoms with Crippen LogP contribution in [0.15, 0.2) is 48.5 Å². The maximum Gasteiger partial charge on any atom is 0.146 e. The zero-order chi connectivity index (χ0) is 13.9. The van der Waals surface area contributed by atoms with Gasteiger partial charge in [-0.2, -0.15) is 0 Å². The van der Waals surface area contributed by atoms with Crippen LogP contribution in [0.25, 0.3) is 0 Å². The lowest BCUT2D eigenvalue weighted by atomic mass is 10.0. The highest BCUT2D eigenvalue weighted by atomic mass is 35.5. The smallest absolute Gasteiger partial charge is 0.146 e. The van der Waals surface area contributed by atoms with Crippen molar-refractivity contribution in [3.8, 4) is 0 Å². The van der Waals surface area contributed by atoms with E-state index in [1.807, 2.05) is 18.2 Å². The standard InChI is InChI=1S/C16H16ClFN2/c17-13-6-7-14(18)15(10-13)20-9-8-19-11-16(20)12-4-2-1-3-5-12/h1-7,10,16,19H,8-9,11H2. The fourth-order valence-electron chi connectivity index (χ4n) is 2.67. The Labute approximate surface area is 123 Å². The predicted molar refractivity (Wildman–Crippen MR) is 80.8 cm³/mol. The van der Waals surface area contributed by atoms with E-state index in [2.05, 4.69) is 22.3 Å². The van der Waals surface area contributed by atoms with Crippen molar-refractivity contribution in [2.75, 3.05) is 24.5 Å². The molecule has 20 heavy (non-hydrogen) atoms. The Balaban J connectivity index is 1.99. The van der Waals surface area contributed by atoms with Gasteiger partial charge >= 0.3 is 0 Å². The Morgan fingerprint density at radius 1 is 1.15 bits per heavy atom. The van der Waals surface area contributed by atoms with Gasteiger partial charge in [-0.15, -0.1) is 0 Å². The minimum Gasteiger partial charge on any atom is -0.360 e. The van der Waals surface area contributed by atoms with Crippen molar-refractivity contribution in [1.82, 2.24) is 5.32 Å². The number of halogens is 2. The summed E-state index contributed by atoms with van der Waals surface area (Å²) in [6.45, 7) is 2.40. The summed E-state index contributed by atoms with van der Waals surface area (Å²) in [5.41, 5.74) is 1.76. The maximum atomic E-state index is 14.1. The molecule has 1 atom stereocenters. The van der Waals surface area contributed by atoms with Gasteiger partial charge in [-0.1, -0.05) is 41.9 Å². The van der Waals surface area contributed by atoms with Crippen LogP contribution >= 0.6 is 11.6 Å². The molecule has 0 radical (unpaired) electrons. The molecule has 1 fully saturated rings. The third kappa shape index (κ3) is 2.65. The highest BCUT2D eigenvalue weighted by molar-refractivity contribution is 6.30. The van der Waals surface area contributed by atoms with Gasteiger partial charge in [-0.3, -0.25) is 0 Å². The molecule has 0 aliphatic carbocycles. The number of piperazine rings is 1. The second-order valence-electron chi connectivity index (χ2n) is 4.92. The molecule has 0 amide bonds. The molecule has 104 valence electrons. The molecule has 4 heteroatoms. The minimum absolute atomic E-state index is 0.123. The van der Waals surface area contributed by atoms with Gasteiger partial charge in [-0.25, -0.2) is 4.39 Å². The van der Waals surface area contributed by atoms with Gasteiger partial charge in [0.25, 0.3) is 0 Å². The van der Waals surface area contributed by atoms with Crippen LogP contribution in [0.3, 0.4) is 0 Å². The minimum atomic E-state index is -0.225. The first-order valence-electron chi connectivity index (χ1n) is 6.73. The van der Waals surface area contributed by atoms with E-state index >= 15 is 0 Å². The van der Waals surface area contributed by atoms with Crippen molar-refractivity contribution in [2.45, 2.75) is 6.04 Å². The van der Waals surface area contributed by atoms with E-state index in [0.29, 0.717) is 10.7 Å². The number of rotatable bonds is 2. The zero-order valence-electron chi connectivity index (χ0n) is 11.0. The van der Waals surface area contributed by atoms with Crippen LogP contribution < -0.4 is 10.2 Å². The zero-order valence-corrected chi connectivity index (χ0v) is 11.8. The van der Waals surface area contributed by atoms with Gasteiger partial charge < -0.3 is 10.2 Å². The molecular formula is C16H16ClFN2. The Kier molecular flexibility index (Phi) is 3.90. The van der Waals surface area contributed by atoms with Crippen LogP contribution in [0, 0.1) is 5.82 Å². The molecule has 1 saturated heterocycles. The molecule has 1 aliphatic heterocycles. The van der Waals surface area contributed by atoms with E-state index in [-0.39, 0.29) is 11.9 Å². The fraction of sp³-hybridized carbons (Fsp3) is 0.250. The molecule has 2 aromatic rings. The first-order chi connectivity index (χ1) is 9.75. The van der Waals surface area contributed by atoms with Crippen LogP contribution in [-0.2, 0) is 0 Å². The predicted octanol–water partition coefficient (Wildman–Crippen LogP) is 3.63. The molecule has 2 aromatic carbocycles. The van der Waals surface area contributed by atoms with Crippen molar-refractivity contribution in [3.63, 3.8) is 0 Å². The average Bonchev–Trinajstić information content (AvgIpc) is 2.51. The van der Waals surface area contributed by atoms with Crippen LogP contribution in [-0.4, -0.2) is 19.6 Å². The summed E-state index contributed by atoms with van der Waals surface area (Å²) in [5.74, 6) is -0.225. The van der Waals surface area contributed by atoms with Crippen LogP contribution in [0.2, 0.25) is 5.02 Å². The lowest BCUT2D eigenvalue weighted by molar-refractivity contribution is 0.480. The molecule has 0 bridgehead atoms. The number of nitrogens with zero attached hydrogens (tertiary/aromatic N) is 1. The first kappa shape index (κ1) is 13.4. The second-order valence-corrected chi connectivity index (χ2v) is 5.36. The molecular weight excluding hydrogens is 275 g/mol. The third-order valence-electron chi connectivity index (χ3n) is 3.65. The Morgan fingerprint density at radius 3 is 2.75 bits per heavy atom. The van der Waals surface area contributed by atoms with Gasteiger partial charge in [0.1, 0.15) is 5.82 Å². The average molecular weight is 291 g/mol. The topological polar surface area (TPSA) is 15.3 Å². The van der Waals surface area contributed by atoms with E-state index in [1.54, 1.807) is 12.1 Å². The van der Waals surface area contributed by atoms with Gasteiger partial charge in [0, 0.05) is 24.7 Å². The van der Waals surface area contributed by atoms with E-state index in [0.717, 1.165) is 19.6 Å². The van der Waals surface area contributed by atoms with E-state index in [4.69, 9.17) is 11.6 Å². The number of anilines is 1. The Hall–Kier alpha value is -1.58. The van der Waals surface area contributed by atoms with E-state index < -0.39 is 0 Å². The molecule has 1 heterocycles. The summed E-state index contributed by atoms with van der Waals surface area (Å²) >= 11 is 6.02.